The van der Waals surface area contributed by atoms with Gasteiger partial charge in [-0.2, -0.15) is 0 Å². The van der Waals surface area contributed by atoms with Crippen molar-refractivity contribution < 1.29 is 0 Å². The molecule has 1 aliphatic rings. The molecule has 118 valence electrons. The van der Waals surface area contributed by atoms with E-state index in [9.17, 15) is 0 Å². The van der Waals surface area contributed by atoms with Crippen LogP contribution in [0, 0.1) is 12.3 Å². The number of hydrogen-bond donors (Lipinski definition) is 3. The third-order valence-corrected chi connectivity index (χ3v) is 4.35. The molecule has 0 aliphatic heterocycles. The number of nitrogens with zero attached hydrogens (tertiary/aromatic N) is 2. The Labute approximate surface area is 128 Å². The van der Waals surface area contributed by atoms with E-state index in [2.05, 4.69) is 36.5 Å². The average molecular weight is 291 g/mol. The minimum absolute atomic E-state index is 0.415. The number of nitrogens with two attached hydrogens (primary N) is 1. The lowest BCUT2D eigenvalue weighted by atomic mass is 9.75. The maximum absolute atomic E-state index is 5.59. The third kappa shape index (κ3) is 4.06. The van der Waals surface area contributed by atoms with Crippen LogP contribution in [-0.2, 0) is 6.42 Å². The molecule has 1 atom stereocenters. The maximum atomic E-state index is 5.59. The Morgan fingerprint density at radius 1 is 1.29 bits per heavy atom. The molecule has 2 rings (SSSR count). The smallest absolute Gasteiger partial charge is 0.148 e. The van der Waals surface area contributed by atoms with Crippen LogP contribution in [0.15, 0.2) is 0 Å². The lowest BCUT2D eigenvalue weighted by molar-refractivity contribution is 0.229. The Morgan fingerprint density at radius 2 is 2.00 bits per heavy atom. The minimum Gasteiger partial charge on any atom is -0.367 e. The topological polar surface area (TPSA) is 75.9 Å². The van der Waals surface area contributed by atoms with Gasteiger partial charge in [-0.25, -0.2) is 15.8 Å². The average Bonchev–Trinajstić information content (AvgIpc) is 2.41. The van der Waals surface area contributed by atoms with Gasteiger partial charge in [0.05, 0.1) is 0 Å². The molecule has 0 radical (unpaired) electrons. The number of aromatic nitrogens is 2. The summed E-state index contributed by atoms with van der Waals surface area (Å²) in [5.74, 6) is 8.11. The summed E-state index contributed by atoms with van der Waals surface area (Å²) in [5, 5.41) is 3.63. The van der Waals surface area contributed by atoms with E-state index < -0.39 is 0 Å². The first kappa shape index (κ1) is 16.0. The fraction of sp³-hybridized carbons (Fsp3) is 0.750. The molecule has 1 unspecified atom stereocenters. The Balaban J connectivity index is 2.20. The van der Waals surface area contributed by atoms with Gasteiger partial charge in [0.2, 0.25) is 0 Å². The van der Waals surface area contributed by atoms with Crippen molar-refractivity contribution in [3.63, 3.8) is 0 Å². The molecule has 0 aromatic carbocycles. The van der Waals surface area contributed by atoms with E-state index in [0.717, 1.165) is 35.9 Å². The van der Waals surface area contributed by atoms with Crippen LogP contribution in [-0.4, -0.2) is 16.0 Å². The second-order valence-corrected chi connectivity index (χ2v) is 6.96. The summed E-state index contributed by atoms with van der Waals surface area (Å²) in [6.07, 6.45) is 6.89. The number of nitrogen functional groups attached to an aromatic ring is 1. The first-order valence-electron chi connectivity index (χ1n) is 8.06. The first-order chi connectivity index (χ1) is 9.95. The summed E-state index contributed by atoms with van der Waals surface area (Å²) in [4.78, 5) is 9.17. The summed E-state index contributed by atoms with van der Waals surface area (Å²) in [5.41, 5.74) is 4.11. The monoisotopic (exact) mass is 291 g/mol. The van der Waals surface area contributed by atoms with Crippen molar-refractivity contribution in [2.45, 2.75) is 72.3 Å². The van der Waals surface area contributed by atoms with Gasteiger partial charge in [0.15, 0.2) is 0 Å². The largest absolute Gasteiger partial charge is 0.367 e. The Morgan fingerprint density at radius 3 is 2.62 bits per heavy atom. The molecular weight excluding hydrogens is 262 g/mol. The van der Waals surface area contributed by atoms with Gasteiger partial charge in [-0.1, -0.05) is 27.2 Å². The number of nitrogens with one attached hydrogen (secondary N) is 2. The van der Waals surface area contributed by atoms with E-state index in [1.807, 2.05) is 6.92 Å². The molecule has 0 saturated heterocycles. The molecular formula is C16H29N5. The van der Waals surface area contributed by atoms with Crippen molar-refractivity contribution in [2.24, 2.45) is 11.3 Å². The van der Waals surface area contributed by atoms with Crippen LogP contribution in [0.3, 0.4) is 0 Å². The Kier molecular flexibility index (Phi) is 5.04. The summed E-state index contributed by atoms with van der Waals surface area (Å²) < 4.78 is 0. The summed E-state index contributed by atoms with van der Waals surface area (Å²) in [6, 6.07) is 0.488. The molecule has 5 nitrogen and oxygen atoms in total. The minimum atomic E-state index is 0.415. The lowest BCUT2D eigenvalue weighted by Crippen LogP contribution is -2.32. The highest BCUT2D eigenvalue weighted by molar-refractivity contribution is 5.57. The van der Waals surface area contributed by atoms with E-state index in [0.29, 0.717) is 11.5 Å². The van der Waals surface area contributed by atoms with E-state index >= 15 is 0 Å². The van der Waals surface area contributed by atoms with Gasteiger partial charge in [-0.05, 0) is 38.0 Å². The fourth-order valence-corrected chi connectivity index (χ4v) is 3.19. The van der Waals surface area contributed by atoms with E-state index in [1.54, 1.807) is 0 Å². The SMILES string of the molecule is CCCc1nc(NN)c(C)c(NC2CCCC(C)(C)C2)n1. The van der Waals surface area contributed by atoms with Crippen LogP contribution in [0.1, 0.15) is 64.3 Å². The van der Waals surface area contributed by atoms with Crippen molar-refractivity contribution in [2.75, 3.05) is 10.7 Å². The van der Waals surface area contributed by atoms with Crippen LogP contribution in [0.25, 0.3) is 0 Å². The fourth-order valence-electron chi connectivity index (χ4n) is 3.19. The lowest BCUT2D eigenvalue weighted by Gasteiger charge is -2.36. The normalized spacial score (nSPS) is 21.1. The molecule has 21 heavy (non-hydrogen) atoms. The van der Waals surface area contributed by atoms with Gasteiger partial charge in [-0.3, -0.25) is 0 Å². The second kappa shape index (κ2) is 6.60. The van der Waals surface area contributed by atoms with Gasteiger partial charge in [-0.15, -0.1) is 0 Å². The molecule has 1 saturated carbocycles. The standard InChI is InChI=1S/C16H29N5/c1-5-7-13-19-14(11(2)15(20-13)21-17)18-12-8-6-9-16(3,4)10-12/h12H,5-10,17H2,1-4H3,(H2,18,19,20,21). The highest BCUT2D eigenvalue weighted by Gasteiger charge is 2.28. The molecule has 0 bridgehead atoms. The van der Waals surface area contributed by atoms with E-state index in [-0.39, 0.29) is 0 Å². The Hall–Kier alpha value is -1.36. The molecule has 0 amide bonds. The van der Waals surface area contributed by atoms with Crippen LogP contribution in [0.5, 0.6) is 0 Å². The van der Waals surface area contributed by atoms with E-state index in [4.69, 9.17) is 10.8 Å². The molecule has 1 heterocycles. The highest BCUT2D eigenvalue weighted by Crippen LogP contribution is 2.36. The highest BCUT2D eigenvalue weighted by atomic mass is 15.3. The number of hydrazine groups is 1. The van der Waals surface area contributed by atoms with Crippen LogP contribution >= 0.6 is 0 Å². The van der Waals surface area contributed by atoms with Crippen LogP contribution in [0.2, 0.25) is 0 Å². The Bertz CT molecular complexity index is 484. The predicted molar refractivity (Wildman–Crippen MR) is 88.2 cm³/mol. The van der Waals surface area contributed by atoms with Crippen LogP contribution in [0.4, 0.5) is 11.6 Å². The number of rotatable bonds is 5. The maximum Gasteiger partial charge on any atom is 0.148 e. The molecule has 0 spiro atoms. The number of hydrogen-bond acceptors (Lipinski definition) is 5. The quantitative estimate of drug-likeness (QED) is 0.572. The van der Waals surface area contributed by atoms with Crippen molar-refractivity contribution >= 4 is 11.6 Å². The zero-order valence-electron chi connectivity index (χ0n) is 13.8. The summed E-state index contributed by atoms with van der Waals surface area (Å²) >= 11 is 0. The molecule has 1 aliphatic carbocycles. The van der Waals surface area contributed by atoms with Gasteiger partial charge >= 0.3 is 0 Å². The third-order valence-electron chi connectivity index (χ3n) is 4.35. The predicted octanol–water partition coefficient (Wildman–Crippen LogP) is 3.40. The van der Waals surface area contributed by atoms with Crippen molar-refractivity contribution in [3.05, 3.63) is 11.4 Å². The van der Waals surface area contributed by atoms with Gasteiger partial charge in [0.25, 0.3) is 0 Å². The molecule has 5 heteroatoms. The van der Waals surface area contributed by atoms with Crippen molar-refractivity contribution in [3.8, 4) is 0 Å². The molecule has 4 N–H and O–H groups in total. The van der Waals surface area contributed by atoms with Crippen LogP contribution < -0.4 is 16.6 Å². The number of anilines is 2. The van der Waals surface area contributed by atoms with E-state index in [1.165, 1.54) is 25.7 Å². The summed E-state index contributed by atoms with van der Waals surface area (Å²) in [6.45, 7) is 8.85. The van der Waals surface area contributed by atoms with Crippen molar-refractivity contribution in [1.29, 1.82) is 0 Å². The molecule has 1 aromatic heterocycles. The first-order valence-corrected chi connectivity index (χ1v) is 8.06. The van der Waals surface area contributed by atoms with Gasteiger partial charge in [0.1, 0.15) is 17.5 Å². The zero-order valence-corrected chi connectivity index (χ0v) is 13.8. The van der Waals surface area contributed by atoms with Gasteiger partial charge < -0.3 is 10.7 Å². The molecule has 1 aromatic rings. The van der Waals surface area contributed by atoms with Crippen molar-refractivity contribution in [1.82, 2.24) is 9.97 Å². The van der Waals surface area contributed by atoms with Gasteiger partial charge in [0, 0.05) is 18.0 Å². The summed E-state index contributed by atoms with van der Waals surface area (Å²) in [7, 11) is 0. The molecule has 1 fully saturated rings. The second-order valence-electron chi connectivity index (χ2n) is 6.96. The zero-order chi connectivity index (χ0) is 15.5. The number of aryl methyl sites for hydroxylation is 1.